The fourth-order valence-electron chi connectivity index (χ4n) is 2.80. The Bertz CT molecular complexity index is 850. The van der Waals surface area contributed by atoms with E-state index in [0.717, 1.165) is 27.3 Å². The van der Waals surface area contributed by atoms with Crippen molar-refractivity contribution < 1.29 is 14.3 Å². The van der Waals surface area contributed by atoms with E-state index in [1.54, 1.807) is 0 Å². The number of fused-ring (bicyclic) bond motifs is 3. The minimum atomic E-state index is -0.379. The molecule has 3 aromatic rings. The smallest absolute Gasteiger partial charge is 0.287 e. The molecule has 1 heterocycles. The van der Waals surface area contributed by atoms with Gasteiger partial charge in [0.05, 0.1) is 6.10 Å². The zero-order valence-electron chi connectivity index (χ0n) is 13.4. The molecule has 0 aliphatic rings. The van der Waals surface area contributed by atoms with E-state index in [1.807, 2.05) is 50.2 Å². The van der Waals surface area contributed by atoms with Gasteiger partial charge in [-0.2, -0.15) is 0 Å². The Kier molecular flexibility index (Phi) is 4.35. The second kappa shape index (κ2) is 6.42. The number of aliphatic hydroxyl groups excluding tert-OH is 1. The van der Waals surface area contributed by atoms with Gasteiger partial charge in [0.1, 0.15) is 5.58 Å². The van der Waals surface area contributed by atoms with Crippen LogP contribution in [0.15, 0.2) is 40.8 Å². The standard InChI is InChI=1S/C19H21NO3/c1-3-14(21)10-11-20-19(22)17-12(2)15-9-8-13-6-4-5-7-16(13)18(15)23-17/h4-9,14,21H,3,10-11H2,1-2H3,(H,20,22). The molecule has 0 spiro atoms. The minimum Gasteiger partial charge on any atom is -0.450 e. The van der Waals surface area contributed by atoms with Crippen molar-refractivity contribution in [1.29, 1.82) is 0 Å². The van der Waals surface area contributed by atoms with Gasteiger partial charge in [0, 0.05) is 22.9 Å². The first-order valence-electron chi connectivity index (χ1n) is 7.99. The van der Waals surface area contributed by atoms with Crippen LogP contribution >= 0.6 is 0 Å². The number of aliphatic hydroxyl groups is 1. The molecule has 1 amide bonds. The van der Waals surface area contributed by atoms with Gasteiger partial charge in [-0.1, -0.05) is 43.3 Å². The number of carbonyl (C=O) groups excluding carboxylic acids is 1. The normalized spacial score (nSPS) is 12.7. The van der Waals surface area contributed by atoms with Gasteiger partial charge in [0.15, 0.2) is 5.76 Å². The Morgan fingerprint density at radius 1 is 1.22 bits per heavy atom. The monoisotopic (exact) mass is 311 g/mol. The highest BCUT2D eigenvalue weighted by atomic mass is 16.3. The maximum atomic E-state index is 12.4. The van der Waals surface area contributed by atoms with Crippen LogP contribution in [0.2, 0.25) is 0 Å². The number of hydrogen-bond acceptors (Lipinski definition) is 3. The number of carbonyl (C=O) groups is 1. The summed E-state index contributed by atoms with van der Waals surface area (Å²) in [6.07, 6.45) is 0.853. The van der Waals surface area contributed by atoms with Crippen LogP contribution in [0.3, 0.4) is 0 Å². The van der Waals surface area contributed by atoms with Crippen molar-refractivity contribution >= 4 is 27.6 Å². The van der Waals surface area contributed by atoms with Gasteiger partial charge >= 0.3 is 0 Å². The number of benzene rings is 2. The number of hydrogen-bond donors (Lipinski definition) is 2. The van der Waals surface area contributed by atoms with Gasteiger partial charge in [-0.3, -0.25) is 4.79 Å². The van der Waals surface area contributed by atoms with Crippen molar-refractivity contribution in [1.82, 2.24) is 5.32 Å². The van der Waals surface area contributed by atoms with Crippen LogP contribution in [0.25, 0.3) is 21.7 Å². The summed E-state index contributed by atoms with van der Waals surface area (Å²) in [5.41, 5.74) is 1.60. The lowest BCUT2D eigenvalue weighted by atomic mass is 10.1. The van der Waals surface area contributed by atoms with Crippen LogP contribution in [-0.4, -0.2) is 23.7 Å². The molecule has 0 radical (unpaired) electrons. The molecule has 2 aromatic carbocycles. The van der Waals surface area contributed by atoms with Crippen LogP contribution in [-0.2, 0) is 0 Å². The molecular formula is C19H21NO3. The van der Waals surface area contributed by atoms with Crippen molar-refractivity contribution in [2.24, 2.45) is 0 Å². The van der Waals surface area contributed by atoms with E-state index >= 15 is 0 Å². The van der Waals surface area contributed by atoms with Crippen molar-refractivity contribution in [3.8, 4) is 0 Å². The maximum absolute atomic E-state index is 12.4. The van der Waals surface area contributed by atoms with E-state index in [9.17, 15) is 9.90 Å². The predicted molar refractivity (Wildman–Crippen MR) is 91.7 cm³/mol. The molecule has 0 bridgehead atoms. The van der Waals surface area contributed by atoms with Crippen LogP contribution < -0.4 is 5.32 Å². The summed E-state index contributed by atoms with van der Waals surface area (Å²) in [4.78, 5) is 12.4. The Labute approximate surface area is 135 Å². The lowest BCUT2D eigenvalue weighted by Crippen LogP contribution is -2.27. The number of aryl methyl sites for hydroxylation is 1. The van der Waals surface area contributed by atoms with Crippen molar-refractivity contribution in [3.05, 3.63) is 47.7 Å². The number of furan rings is 1. The highest BCUT2D eigenvalue weighted by Crippen LogP contribution is 2.31. The maximum Gasteiger partial charge on any atom is 0.287 e. The van der Waals surface area contributed by atoms with Gasteiger partial charge in [-0.15, -0.1) is 0 Å². The molecular weight excluding hydrogens is 290 g/mol. The Morgan fingerprint density at radius 3 is 2.78 bits per heavy atom. The Balaban J connectivity index is 1.91. The molecule has 23 heavy (non-hydrogen) atoms. The lowest BCUT2D eigenvalue weighted by Gasteiger charge is -2.08. The SMILES string of the molecule is CCC(O)CCNC(=O)c1oc2c(ccc3ccccc32)c1C. The van der Waals surface area contributed by atoms with Crippen molar-refractivity contribution in [3.63, 3.8) is 0 Å². The summed E-state index contributed by atoms with van der Waals surface area (Å²) < 4.78 is 5.88. The molecule has 4 heteroatoms. The molecule has 1 atom stereocenters. The summed E-state index contributed by atoms with van der Waals surface area (Å²) in [5, 5.41) is 15.4. The van der Waals surface area contributed by atoms with Crippen molar-refractivity contribution in [2.45, 2.75) is 32.8 Å². The average molecular weight is 311 g/mol. The summed E-state index contributed by atoms with van der Waals surface area (Å²) >= 11 is 0. The summed E-state index contributed by atoms with van der Waals surface area (Å²) in [5.74, 6) is 0.119. The third-order valence-electron chi connectivity index (χ3n) is 4.27. The van der Waals surface area contributed by atoms with Crippen LogP contribution in [0.5, 0.6) is 0 Å². The summed E-state index contributed by atoms with van der Waals surface area (Å²) in [6.45, 7) is 4.25. The van der Waals surface area contributed by atoms with E-state index in [0.29, 0.717) is 25.1 Å². The molecule has 0 aliphatic heterocycles. The summed E-state index contributed by atoms with van der Waals surface area (Å²) in [7, 11) is 0. The van der Waals surface area contributed by atoms with E-state index in [2.05, 4.69) is 5.32 Å². The van der Waals surface area contributed by atoms with Crippen LogP contribution in [0, 0.1) is 6.92 Å². The first-order chi connectivity index (χ1) is 11.1. The zero-order valence-corrected chi connectivity index (χ0v) is 13.4. The van der Waals surface area contributed by atoms with Gasteiger partial charge in [0.2, 0.25) is 0 Å². The third-order valence-corrected chi connectivity index (χ3v) is 4.27. The quantitative estimate of drug-likeness (QED) is 0.753. The third kappa shape index (κ3) is 2.94. The lowest BCUT2D eigenvalue weighted by molar-refractivity contribution is 0.0916. The molecule has 2 N–H and O–H groups in total. The highest BCUT2D eigenvalue weighted by molar-refractivity contribution is 6.08. The number of amides is 1. The van der Waals surface area contributed by atoms with E-state index < -0.39 is 0 Å². The average Bonchev–Trinajstić information content (AvgIpc) is 2.92. The van der Waals surface area contributed by atoms with E-state index in [1.165, 1.54) is 0 Å². The summed E-state index contributed by atoms with van der Waals surface area (Å²) in [6, 6.07) is 12.0. The van der Waals surface area contributed by atoms with Gasteiger partial charge in [-0.25, -0.2) is 0 Å². The zero-order chi connectivity index (χ0) is 16.4. The molecule has 120 valence electrons. The Hall–Kier alpha value is -2.33. The molecule has 1 unspecified atom stereocenters. The topological polar surface area (TPSA) is 62.5 Å². The van der Waals surface area contributed by atoms with Gasteiger partial charge < -0.3 is 14.8 Å². The first-order valence-corrected chi connectivity index (χ1v) is 7.99. The first kappa shape index (κ1) is 15.6. The van der Waals surface area contributed by atoms with E-state index in [-0.39, 0.29) is 12.0 Å². The van der Waals surface area contributed by atoms with Gasteiger partial charge in [0.25, 0.3) is 5.91 Å². The Morgan fingerprint density at radius 2 is 2.00 bits per heavy atom. The molecule has 0 fully saturated rings. The van der Waals surface area contributed by atoms with E-state index in [4.69, 9.17) is 4.42 Å². The molecule has 0 saturated carbocycles. The fourth-order valence-corrected chi connectivity index (χ4v) is 2.80. The second-order valence-corrected chi connectivity index (χ2v) is 5.83. The molecule has 4 nitrogen and oxygen atoms in total. The number of nitrogens with one attached hydrogen (secondary N) is 1. The van der Waals surface area contributed by atoms with Crippen LogP contribution in [0.1, 0.15) is 35.9 Å². The largest absolute Gasteiger partial charge is 0.450 e. The minimum absolute atomic E-state index is 0.230. The number of rotatable bonds is 5. The molecule has 1 aromatic heterocycles. The molecule has 0 saturated heterocycles. The fraction of sp³-hybridized carbons (Fsp3) is 0.316. The molecule has 0 aliphatic carbocycles. The predicted octanol–water partition coefficient (Wildman–Crippen LogP) is 3.79. The second-order valence-electron chi connectivity index (χ2n) is 5.83. The molecule has 3 rings (SSSR count). The highest BCUT2D eigenvalue weighted by Gasteiger charge is 2.18. The van der Waals surface area contributed by atoms with Gasteiger partial charge in [-0.05, 0) is 25.2 Å². The van der Waals surface area contributed by atoms with Crippen molar-refractivity contribution in [2.75, 3.05) is 6.54 Å². The van der Waals surface area contributed by atoms with Crippen LogP contribution in [0.4, 0.5) is 0 Å².